The highest BCUT2D eigenvalue weighted by Crippen LogP contribution is 2.44. The number of hydrogen-bond acceptors (Lipinski definition) is 5. The summed E-state index contributed by atoms with van der Waals surface area (Å²) < 4.78 is 19.0. The molecule has 0 fully saturated rings. The zero-order valence-corrected chi connectivity index (χ0v) is 17.4. The van der Waals surface area contributed by atoms with Crippen molar-refractivity contribution in [3.05, 3.63) is 94.8 Å². The van der Waals surface area contributed by atoms with E-state index in [1.807, 2.05) is 48.5 Å². The minimum absolute atomic E-state index is 0.0877. The summed E-state index contributed by atoms with van der Waals surface area (Å²) in [5, 5.41) is 31.8. The number of halogens is 1. The first kappa shape index (κ1) is 22.4. The molecule has 0 aromatic heterocycles. The number of aromatic carboxylic acids is 1. The monoisotopic (exact) mass is 451 g/mol. The topological polar surface area (TPSA) is 116 Å². The Hall–Kier alpha value is -3.75. The minimum atomic E-state index is -1.60. The Kier molecular flexibility index (Phi) is 6.39. The highest BCUT2D eigenvalue weighted by molar-refractivity contribution is 5.87. The number of fused-ring (bicyclic) bond motifs is 3. The van der Waals surface area contributed by atoms with E-state index in [-0.39, 0.29) is 30.2 Å². The summed E-state index contributed by atoms with van der Waals surface area (Å²) in [6.45, 7) is -0.291. The Balaban J connectivity index is 1.35. The van der Waals surface area contributed by atoms with Crippen molar-refractivity contribution in [1.82, 2.24) is 5.32 Å². The number of nitrogens with one attached hydrogen (secondary N) is 1. The van der Waals surface area contributed by atoms with Crippen LogP contribution < -0.4 is 5.32 Å². The average molecular weight is 451 g/mol. The van der Waals surface area contributed by atoms with Crippen LogP contribution in [-0.4, -0.2) is 46.6 Å². The lowest BCUT2D eigenvalue weighted by atomic mass is 9.98. The van der Waals surface area contributed by atoms with Gasteiger partial charge in [0.2, 0.25) is 0 Å². The van der Waals surface area contributed by atoms with Crippen LogP contribution in [0.5, 0.6) is 0 Å². The molecule has 0 aliphatic heterocycles. The van der Waals surface area contributed by atoms with E-state index < -0.39 is 30.1 Å². The fraction of sp³-hybridized carbons (Fsp3) is 0.200. The Bertz CT molecular complexity index is 1150. The van der Waals surface area contributed by atoms with Crippen molar-refractivity contribution in [1.29, 1.82) is 0 Å². The molecular formula is C25H22FNO6. The predicted octanol–water partition coefficient (Wildman–Crippen LogP) is 3.46. The lowest BCUT2D eigenvalue weighted by Crippen LogP contribution is -2.36. The normalized spacial score (nSPS) is 14.2. The molecule has 1 amide bonds. The van der Waals surface area contributed by atoms with E-state index in [9.17, 15) is 24.2 Å². The van der Waals surface area contributed by atoms with Gasteiger partial charge in [-0.25, -0.2) is 14.0 Å². The summed E-state index contributed by atoms with van der Waals surface area (Å²) in [5.41, 5.74) is 3.83. The first-order chi connectivity index (χ1) is 15.8. The minimum Gasteiger partial charge on any atom is -0.478 e. The van der Waals surface area contributed by atoms with Gasteiger partial charge in [-0.05, 0) is 46.0 Å². The third kappa shape index (κ3) is 4.72. The second-order valence-electron chi connectivity index (χ2n) is 7.80. The van der Waals surface area contributed by atoms with Gasteiger partial charge in [0.25, 0.3) is 0 Å². The molecule has 0 bridgehead atoms. The number of alkyl carbamates (subject to hydrolysis) is 1. The van der Waals surface area contributed by atoms with Gasteiger partial charge in [-0.15, -0.1) is 0 Å². The SMILES string of the molecule is O=C(NCC(O)C(O)c1cc(F)cc(C(=O)O)c1)OCC1c2ccccc2-c2ccccc21. The molecule has 2 unspecified atom stereocenters. The molecular weight excluding hydrogens is 429 g/mol. The first-order valence-electron chi connectivity index (χ1n) is 10.3. The number of aliphatic hydroxyl groups is 2. The summed E-state index contributed by atoms with van der Waals surface area (Å²) in [7, 11) is 0. The van der Waals surface area contributed by atoms with Crippen LogP contribution in [0.4, 0.5) is 9.18 Å². The zero-order chi connectivity index (χ0) is 23.5. The number of carbonyl (C=O) groups is 2. The lowest BCUT2D eigenvalue weighted by Gasteiger charge is -2.20. The van der Waals surface area contributed by atoms with Crippen molar-refractivity contribution in [2.45, 2.75) is 18.1 Å². The van der Waals surface area contributed by atoms with E-state index in [2.05, 4.69) is 5.32 Å². The number of hydrogen-bond donors (Lipinski definition) is 4. The smallest absolute Gasteiger partial charge is 0.407 e. The van der Waals surface area contributed by atoms with Gasteiger partial charge in [-0.3, -0.25) is 0 Å². The number of benzene rings is 3. The quantitative estimate of drug-likeness (QED) is 0.437. The molecule has 1 aliphatic rings. The fourth-order valence-corrected chi connectivity index (χ4v) is 4.08. The second-order valence-corrected chi connectivity index (χ2v) is 7.80. The van der Waals surface area contributed by atoms with E-state index in [0.29, 0.717) is 0 Å². The summed E-state index contributed by atoms with van der Waals surface area (Å²) >= 11 is 0. The van der Waals surface area contributed by atoms with Gasteiger partial charge in [0.05, 0.1) is 5.56 Å². The molecule has 8 heteroatoms. The molecule has 3 aromatic carbocycles. The van der Waals surface area contributed by atoms with Crippen molar-refractivity contribution in [3.8, 4) is 11.1 Å². The molecule has 7 nitrogen and oxygen atoms in total. The van der Waals surface area contributed by atoms with Crippen LogP contribution in [0.25, 0.3) is 11.1 Å². The molecule has 170 valence electrons. The maximum atomic E-state index is 13.6. The molecule has 0 radical (unpaired) electrons. The largest absolute Gasteiger partial charge is 0.478 e. The van der Waals surface area contributed by atoms with Crippen molar-refractivity contribution in [3.63, 3.8) is 0 Å². The molecule has 4 rings (SSSR count). The number of rotatable bonds is 7. The van der Waals surface area contributed by atoms with Crippen LogP contribution in [0.3, 0.4) is 0 Å². The summed E-state index contributed by atoms with van der Waals surface area (Å²) in [5.74, 6) is -2.35. The molecule has 4 N–H and O–H groups in total. The Morgan fingerprint density at radius 2 is 1.58 bits per heavy atom. The second kappa shape index (κ2) is 9.40. The molecule has 33 heavy (non-hydrogen) atoms. The van der Waals surface area contributed by atoms with Gasteiger partial charge >= 0.3 is 12.1 Å². The average Bonchev–Trinajstić information content (AvgIpc) is 3.14. The van der Waals surface area contributed by atoms with Crippen molar-refractivity contribution in [2.75, 3.05) is 13.2 Å². The molecule has 0 saturated carbocycles. The molecule has 0 spiro atoms. The number of aliphatic hydroxyl groups excluding tert-OH is 2. The predicted molar refractivity (Wildman–Crippen MR) is 117 cm³/mol. The summed E-state index contributed by atoms with van der Waals surface area (Å²) in [4.78, 5) is 23.3. The Morgan fingerprint density at radius 3 is 2.18 bits per heavy atom. The van der Waals surface area contributed by atoms with Crippen LogP contribution in [0.1, 0.15) is 39.1 Å². The van der Waals surface area contributed by atoms with Gasteiger partial charge in [0.15, 0.2) is 0 Å². The number of carboxylic acid groups (broad SMARTS) is 1. The van der Waals surface area contributed by atoms with Gasteiger partial charge in [0, 0.05) is 12.5 Å². The van der Waals surface area contributed by atoms with E-state index in [0.717, 1.165) is 40.5 Å². The van der Waals surface area contributed by atoms with Crippen LogP contribution in [0, 0.1) is 5.82 Å². The highest BCUT2D eigenvalue weighted by atomic mass is 19.1. The molecule has 2 atom stereocenters. The van der Waals surface area contributed by atoms with Crippen LogP contribution in [0.15, 0.2) is 66.7 Å². The summed E-state index contributed by atoms with van der Waals surface area (Å²) in [6, 6.07) is 18.6. The fourth-order valence-electron chi connectivity index (χ4n) is 4.08. The van der Waals surface area contributed by atoms with E-state index in [1.54, 1.807) is 0 Å². The maximum absolute atomic E-state index is 13.6. The van der Waals surface area contributed by atoms with E-state index in [1.165, 1.54) is 0 Å². The number of ether oxygens (including phenoxy) is 1. The third-order valence-corrected chi connectivity index (χ3v) is 5.67. The van der Waals surface area contributed by atoms with Gasteiger partial charge in [0.1, 0.15) is 24.6 Å². The number of amides is 1. The maximum Gasteiger partial charge on any atom is 0.407 e. The number of carbonyl (C=O) groups excluding carboxylic acids is 1. The summed E-state index contributed by atoms with van der Waals surface area (Å²) in [6.07, 6.45) is -3.89. The third-order valence-electron chi connectivity index (χ3n) is 5.67. The molecule has 3 aromatic rings. The van der Waals surface area contributed by atoms with Crippen LogP contribution >= 0.6 is 0 Å². The van der Waals surface area contributed by atoms with E-state index >= 15 is 0 Å². The van der Waals surface area contributed by atoms with Crippen molar-refractivity contribution >= 4 is 12.1 Å². The number of carboxylic acids is 1. The lowest BCUT2D eigenvalue weighted by molar-refractivity contribution is 0.0183. The standard InChI is InChI=1S/C25H22FNO6/c26-16-10-14(9-15(11-16)24(30)31)23(29)22(28)12-27-25(32)33-13-21-19-7-3-1-5-17(19)18-6-2-4-8-20(18)21/h1-11,21-23,28-29H,12-13H2,(H,27,32)(H,30,31). The Labute approximate surface area is 189 Å². The van der Waals surface area contributed by atoms with E-state index in [4.69, 9.17) is 9.84 Å². The zero-order valence-electron chi connectivity index (χ0n) is 17.4. The van der Waals surface area contributed by atoms with Crippen molar-refractivity contribution in [2.24, 2.45) is 0 Å². The first-order valence-corrected chi connectivity index (χ1v) is 10.3. The Morgan fingerprint density at radius 1 is 0.970 bits per heavy atom. The molecule has 1 aliphatic carbocycles. The van der Waals surface area contributed by atoms with Gasteiger partial charge in [-0.2, -0.15) is 0 Å². The highest BCUT2D eigenvalue weighted by Gasteiger charge is 2.29. The van der Waals surface area contributed by atoms with Crippen LogP contribution in [-0.2, 0) is 4.74 Å². The van der Waals surface area contributed by atoms with Gasteiger partial charge < -0.3 is 25.4 Å². The van der Waals surface area contributed by atoms with Crippen LogP contribution in [0.2, 0.25) is 0 Å². The van der Waals surface area contributed by atoms with Crippen molar-refractivity contribution < 1.29 is 34.0 Å². The molecule has 0 heterocycles. The van der Waals surface area contributed by atoms with Gasteiger partial charge in [-0.1, -0.05) is 48.5 Å². The molecule has 0 saturated heterocycles.